The van der Waals surface area contributed by atoms with Crippen LogP contribution in [0.4, 0.5) is 0 Å². The quantitative estimate of drug-likeness (QED) is 0.132. The van der Waals surface area contributed by atoms with Gasteiger partial charge in [0.05, 0.1) is 35.6 Å². The molecular weight excluding hydrogens is 865 g/mol. The van der Waals surface area contributed by atoms with Crippen LogP contribution in [0.5, 0.6) is 5.75 Å². The number of carbonyl (C=O) groups is 5. The fourth-order valence-electron chi connectivity index (χ4n) is 11.1. The zero-order chi connectivity index (χ0) is 48.2. The largest absolute Gasteiger partial charge is 0.508 e. The van der Waals surface area contributed by atoms with Gasteiger partial charge in [-0.25, -0.2) is 5.43 Å². The SMILES string of the molecule is CCn1c(-c2cccnc2[C@H](C)OC)c2c3cc(ccc31)-c1cc(O)cc(c1)C[C@H](NC(=O)[C@H](C(C)C)N1CCCC3(CN(C(=O)[C@H]4CN4)C3)C1=O)C(=O)N1CCC[C@H](N1)C(=O)OCC(C)(C)C2. The number of aryl methyl sites for hydroxylation is 1. The van der Waals surface area contributed by atoms with Gasteiger partial charge in [0.15, 0.2) is 0 Å². The Hall–Kier alpha value is -5.84. The third kappa shape index (κ3) is 8.98. The number of hydrazine groups is 1. The number of carbonyl (C=O) groups excluding carboxylic acids is 5. The molecule has 16 heteroatoms. The number of hydrogen-bond donors (Lipinski definition) is 4. The predicted octanol–water partition coefficient (Wildman–Crippen LogP) is 4.90. The summed E-state index contributed by atoms with van der Waals surface area (Å²) in [6.07, 6.45) is 4.33. The predicted molar refractivity (Wildman–Crippen MR) is 256 cm³/mol. The lowest BCUT2D eigenvalue weighted by Gasteiger charge is -2.54. The summed E-state index contributed by atoms with van der Waals surface area (Å²) in [4.78, 5) is 79.0. The van der Waals surface area contributed by atoms with Crippen LogP contribution in [0.15, 0.2) is 54.7 Å². The molecule has 0 unspecified atom stereocenters. The van der Waals surface area contributed by atoms with Crippen molar-refractivity contribution in [2.45, 2.75) is 117 Å². The van der Waals surface area contributed by atoms with Gasteiger partial charge in [0, 0.05) is 80.9 Å². The number of likely N-dealkylation sites (tertiary alicyclic amines) is 2. The minimum atomic E-state index is -1.14. The molecule has 362 valence electrons. The van der Waals surface area contributed by atoms with Gasteiger partial charge in [0.1, 0.15) is 23.9 Å². The Morgan fingerprint density at radius 1 is 1.03 bits per heavy atom. The molecule has 4 fully saturated rings. The molecule has 5 aliphatic rings. The number of pyridine rings is 1. The van der Waals surface area contributed by atoms with E-state index in [1.165, 1.54) is 5.01 Å². The highest BCUT2D eigenvalue weighted by Crippen LogP contribution is 2.44. The fraction of sp³-hybridized carbons (Fsp3) is 0.538. The Labute approximate surface area is 398 Å². The van der Waals surface area contributed by atoms with E-state index in [1.807, 2.05) is 39.0 Å². The summed E-state index contributed by atoms with van der Waals surface area (Å²) >= 11 is 0. The van der Waals surface area contributed by atoms with Gasteiger partial charge in [0.2, 0.25) is 17.7 Å². The molecule has 4 N–H and O–H groups in total. The maximum absolute atomic E-state index is 14.8. The number of rotatable bonds is 9. The van der Waals surface area contributed by atoms with Gasteiger partial charge in [0.25, 0.3) is 5.91 Å². The van der Waals surface area contributed by atoms with Crippen LogP contribution in [0.1, 0.15) is 90.2 Å². The molecule has 0 saturated carbocycles. The van der Waals surface area contributed by atoms with Gasteiger partial charge in [-0.2, -0.15) is 0 Å². The molecule has 2 aromatic carbocycles. The minimum Gasteiger partial charge on any atom is -0.508 e. The van der Waals surface area contributed by atoms with E-state index in [9.17, 15) is 29.1 Å². The normalized spacial score (nSPS) is 23.5. The number of methoxy groups -OCH3 is 1. The Kier molecular flexibility index (Phi) is 12.9. The highest BCUT2D eigenvalue weighted by atomic mass is 16.5. The number of nitrogens with one attached hydrogen (secondary N) is 3. The number of ether oxygens (including phenoxy) is 2. The first-order valence-corrected chi connectivity index (χ1v) is 24.4. The molecular formula is C52H66N8O8. The number of phenols is 1. The van der Waals surface area contributed by atoms with E-state index in [1.54, 1.807) is 35.2 Å². The zero-order valence-electron chi connectivity index (χ0n) is 40.4. The van der Waals surface area contributed by atoms with Crippen molar-refractivity contribution < 1.29 is 38.6 Å². The monoisotopic (exact) mass is 931 g/mol. The number of aromatic hydroxyl groups is 1. The lowest BCUT2D eigenvalue weighted by molar-refractivity contribution is -0.170. The molecule has 68 heavy (non-hydrogen) atoms. The summed E-state index contributed by atoms with van der Waals surface area (Å²) in [5, 5.41) is 19.9. The third-order valence-electron chi connectivity index (χ3n) is 14.7. The number of fused-ring (bicyclic) bond motifs is 6. The van der Waals surface area contributed by atoms with Crippen molar-refractivity contribution in [1.29, 1.82) is 0 Å². The van der Waals surface area contributed by atoms with Crippen molar-refractivity contribution in [2.75, 3.05) is 46.4 Å². The van der Waals surface area contributed by atoms with Gasteiger partial charge < -0.3 is 39.6 Å². The van der Waals surface area contributed by atoms with E-state index < -0.39 is 46.7 Å². The number of esters is 1. The highest BCUT2D eigenvalue weighted by molar-refractivity contribution is 5.97. The molecule has 6 bridgehead atoms. The number of benzene rings is 2. The third-order valence-corrected chi connectivity index (χ3v) is 14.7. The topological polar surface area (TPSA) is 198 Å². The van der Waals surface area contributed by atoms with Crippen LogP contribution in [0.3, 0.4) is 0 Å². The molecule has 16 nitrogen and oxygen atoms in total. The maximum atomic E-state index is 14.8. The smallest absolute Gasteiger partial charge is 0.324 e. The number of aromatic nitrogens is 2. The summed E-state index contributed by atoms with van der Waals surface area (Å²) in [6.45, 7) is 14.8. The molecule has 4 aromatic rings. The van der Waals surface area contributed by atoms with E-state index in [2.05, 4.69) is 59.6 Å². The highest BCUT2D eigenvalue weighted by Gasteiger charge is 2.57. The van der Waals surface area contributed by atoms with E-state index in [0.717, 1.165) is 44.5 Å². The summed E-state index contributed by atoms with van der Waals surface area (Å²) in [6, 6.07) is 12.5. The van der Waals surface area contributed by atoms with Crippen LogP contribution >= 0.6 is 0 Å². The van der Waals surface area contributed by atoms with Gasteiger partial charge >= 0.3 is 5.97 Å². The van der Waals surface area contributed by atoms with Gasteiger partial charge in [-0.1, -0.05) is 39.8 Å². The molecule has 1 spiro atoms. The van der Waals surface area contributed by atoms with Crippen molar-refractivity contribution in [3.8, 4) is 28.1 Å². The average molecular weight is 931 g/mol. The van der Waals surface area contributed by atoms with Crippen molar-refractivity contribution in [3.63, 3.8) is 0 Å². The van der Waals surface area contributed by atoms with E-state index in [4.69, 9.17) is 14.5 Å². The summed E-state index contributed by atoms with van der Waals surface area (Å²) in [5.41, 5.74) is 8.89. The second-order valence-corrected chi connectivity index (χ2v) is 20.8. The summed E-state index contributed by atoms with van der Waals surface area (Å²) < 4.78 is 14.2. The molecule has 0 aliphatic carbocycles. The molecule has 0 radical (unpaired) electrons. The molecule has 5 aliphatic heterocycles. The molecule has 4 saturated heterocycles. The standard InChI is InChI=1S/C52H66N8O8/c1-8-58-42-15-14-33-24-37(42)38(45(58)36-12-9-17-53-43(36)31(4)67-7)25-51(5,6)29-68-49(65)39-13-10-19-60(56-39)48(64)40(22-32-20-34(33)23-35(61)21-32)55-46(62)44(30(2)3)59-18-11-16-52(50(59)66)27-57(28-52)47(63)41-26-54-41/h9,12,14-15,17,20-21,23-24,30-31,39-41,44,54,56,61H,8,10-11,13,16,18-19,22,25-29H2,1-7H3,(H,55,62)/t31-,39-,40-,41+,44-/m0/s1. The molecule has 9 rings (SSSR count). The number of cyclic esters (lactones) is 1. The first-order valence-electron chi connectivity index (χ1n) is 24.4. The first kappa shape index (κ1) is 47.2. The van der Waals surface area contributed by atoms with Crippen molar-refractivity contribution in [3.05, 3.63) is 71.5 Å². The summed E-state index contributed by atoms with van der Waals surface area (Å²) in [7, 11) is 1.68. The maximum Gasteiger partial charge on any atom is 0.324 e. The van der Waals surface area contributed by atoms with Crippen LogP contribution in [-0.4, -0.2) is 130 Å². The lowest BCUT2D eigenvalue weighted by Crippen LogP contribution is -2.70. The Bertz CT molecular complexity index is 2630. The molecule has 2 aromatic heterocycles. The van der Waals surface area contributed by atoms with Crippen LogP contribution in [0.2, 0.25) is 0 Å². The second-order valence-electron chi connectivity index (χ2n) is 20.8. The van der Waals surface area contributed by atoms with E-state index >= 15 is 0 Å². The van der Waals surface area contributed by atoms with Crippen LogP contribution in [0, 0.1) is 16.7 Å². The zero-order valence-corrected chi connectivity index (χ0v) is 40.4. The van der Waals surface area contributed by atoms with Crippen LogP contribution in [0.25, 0.3) is 33.3 Å². The summed E-state index contributed by atoms with van der Waals surface area (Å²) in [5.74, 6) is -1.85. The fourth-order valence-corrected chi connectivity index (χ4v) is 11.1. The van der Waals surface area contributed by atoms with Crippen molar-refractivity contribution in [1.82, 2.24) is 40.4 Å². The Morgan fingerprint density at radius 3 is 2.53 bits per heavy atom. The molecule has 5 atom stereocenters. The number of hydrogen-bond acceptors (Lipinski definition) is 11. The Morgan fingerprint density at radius 2 is 1.81 bits per heavy atom. The second kappa shape index (κ2) is 18.6. The Balaban J connectivity index is 1.10. The average Bonchev–Trinajstić information content (AvgIpc) is 4.12. The number of nitrogens with zero attached hydrogens (tertiary/aromatic N) is 5. The molecule has 7 heterocycles. The van der Waals surface area contributed by atoms with Crippen molar-refractivity contribution in [2.24, 2.45) is 16.7 Å². The van der Waals surface area contributed by atoms with E-state index in [0.29, 0.717) is 70.4 Å². The van der Waals surface area contributed by atoms with Gasteiger partial charge in [-0.3, -0.25) is 34.0 Å². The van der Waals surface area contributed by atoms with Crippen LogP contribution in [-0.2, 0) is 52.8 Å². The van der Waals surface area contributed by atoms with Crippen molar-refractivity contribution >= 4 is 40.5 Å². The van der Waals surface area contributed by atoms with E-state index in [-0.39, 0.29) is 55.2 Å². The van der Waals surface area contributed by atoms with Gasteiger partial charge in [-0.05, 0) is 111 Å². The molecule has 4 amide bonds. The number of phenolic OH excluding ortho intramolecular Hbond substituents is 1. The minimum absolute atomic E-state index is 0.0000725. The number of amides is 4. The van der Waals surface area contributed by atoms with Crippen LogP contribution < -0.4 is 16.1 Å². The lowest BCUT2D eigenvalue weighted by atomic mass is 9.71. The van der Waals surface area contributed by atoms with Gasteiger partial charge in [-0.15, -0.1) is 0 Å². The first-order chi connectivity index (χ1) is 32.5. The number of piperidine rings is 1.